The molecule has 1 aliphatic heterocycles. The summed E-state index contributed by atoms with van der Waals surface area (Å²) in [5.74, 6) is 0. The molecule has 188 valence electrons. The predicted octanol–water partition coefficient (Wildman–Crippen LogP) is 9.54. The van der Waals surface area contributed by atoms with Crippen LogP contribution in [0, 0.1) is 0 Å². The van der Waals surface area contributed by atoms with Gasteiger partial charge in [0.2, 0.25) is 0 Å². The largest absolute Gasteiger partial charge is 0.309 e. The van der Waals surface area contributed by atoms with Gasteiger partial charge in [0, 0.05) is 45.9 Å². The van der Waals surface area contributed by atoms with Crippen molar-refractivity contribution < 1.29 is 0 Å². The Balaban J connectivity index is 1.40. The van der Waals surface area contributed by atoms with Crippen molar-refractivity contribution in [3.63, 3.8) is 0 Å². The van der Waals surface area contributed by atoms with Gasteiger partial charge in [0.25, 0.3) is 0 Å². The quantitative estimate of drug-likeness (QED) is 0.228. The molecular weight excluding hydrogens is 508 g/mol. The summed E-state index contributed by atoms with van der Waals surface area (Å²) in [6.07, 6.45) is 3.72. The molecule has 0 atom stereocenters. The van der Waals surface area contributed by atoms with Crippen LogP contribution >= 0.6 is 11.3 Å². The third-order valence-electron chi connectivity index (χ3n) is 7.34. The number of hydrogen-bond donors (Lipinski definition) is 0. The van der Waals surface area contributed by atoms with Gasteiger partial charge in [0.1, 0.15) is 5.01 Å². The number of aromatic nitrogens is 3. The van der Waals surface area contributed by atoms with Crippen LogP contribution in [0.1, 0.15) is 0 Å². The average Bonchev–Trinajstić information content (AvgIpc) is 3.42. The molecule has 0 saturated heterocycles. The zero-order valence-corrected chi connectivity index (χ0v) is 22.2. The summed E-state index contributed by atoms with van der Waals surface area (Å²) in [7, 11) is 0. The molecule has 40 heavy (non-hydrogen) atoms. The number of benzene rings is 4. The number of hydrogen-bond acceptors (Lipinski definition) is 5. The molecule has 7 aromatic rings. The van der Waals surface area contributed by atoms with Crippen molar-refractivity contribution in [2.75, 3.05) is 4.90 Å². The van der Waals surface area contributed by atoms with E-state index in [4.69, 9.17) is 9.97 Å². The fourth-order valence-corrected chi connectivity index (χ4v) is 6.49. The van der Waals surface area contributed by atoms with Crippen LogP contribution < -0.4 is 4.90 Å². The molecule has 0 amide bonds. The number of anilines is 3. The summed E-state index contributed by atoms with van der Waals surface area (Å²) < 4.78 is 1.18. The highest BCUT2D eigenvalue weighted by Gasteiger charge is 2.27. The van der Waals surface area contributed by atoms with Crippen molar-refractivity contribution in [3.05, 3.63) is 134 Å². The summed E-state index contributed by atoms with van der Waals surface area (Å²) in [6.45, 7) is 0. The van der Waals surface area contributed by atoms with Crippen LogP contribution in [0.15, 0.2) is 134 Å². The highest BCUT2D eigenvalue weighted by molar-refractivity contribution is 7.21. The molecule has 0 unspecified atom stereocenters. The Bertz CT molecular complexity index is 2000. The second-order valence-corrected chi connectivity index (χ2v) is 10.8. The van der Waals surface area contributed by atoms with E-state index in [-0.39, 0.29) is 0 Å². The van der Waals surface area contributed by atoms with Crippen molar-refractivity contribution in [1.82, 2.24) is 15.0 Å². The summed E-state index contributed by atoms with van der Waals surface area (Å²) in [6, 6.07) is 42.3. The number of pyridine rings is 2. The third-order valence-corrected chi connectivity index (χ3v) is 8.43. The van der Waals surface area contributed by atoms with E-state index in [2.05, 4.69) is 107 Å². The number of thiazole rings is 1. The second-order valence-electron chi connectivity index (χ2n) is 9.74. The highest BCUT2D eigenvalue weighted by Crippen LogP contribution is 2.51. The van der Waals surface area contributed by atoms with Gasteiger partial charge < -0.3 is 4.90 Å². The normalized spacial score (nSPS) is 11.9. The first-order valence-corrected chi connectivity index (χ1v) is 14.0. The van der Waals surface area contributed by atoms with Crippen LogP contribution in [-0.2, 0) is 0 Å². The summed E-state index contributed by atoms with van der Waals surface area (Å²) in [5.41, 5.74) is 11.7. The predicted molar refractivity (Wildman–Crippen MR) is 165 cm³/mol. The Morgan fingerprint density at radius 3 is 2.33 bits per heavy atom. The number of nitrogens with zero attached hydrogens (tertiary/aromatic N) is 4. The van der Waals surface area contributed by atoms with Gasteiger partial charge >= 0.3 is 0 Å². The topological polar surface area (TPSA) is 41.9 Å². The minimum Gasteiger partial charge on any atom is -0.309 e. The lowest BCUT2D eigenvalue weighted by Gasteiger charge is -2.28. The first-order valence-electron chi connectivity index (χ1n) is 13.2. The second kappa shape index (κ2) is 9.26. The maximum absolute atomic E-state index is 4.97. The molecule has 0 saturated carbocycles. The fourth-order valence-electron chi connectivity index (χ4n) is 5.53. The maximum atomic E-state index is 4.97. The minimum absolute atomic E-state index is 0.945. The molecule has 4 nitrogen and oxygen atoms in total. The molecule has 0 spiro atoms. The van der Waals surface area contributed by atoms with E-state index in [1.165, 1.54) is 4.70 Å². The van der Waals surface area contributed by atoms with Gasteiger partial charge in [-0.1, -0.05) is 60.7 Å². The number of para-hydroxylation sites is 2. The Kier molecular flexibility index (Phi) is 5.28. The van der Waals surface area contributed by atoms with Crippen LogP contribution in [-0.4, -0.2) is 15.0 Å². The van der Waals surface area contributed by atoms with Gasteiger partial charge in [-0.3, -0.25) is 9.97 Å². The SMILES string of the molecule is c1ccc(-c2cccc(N3c4ccccc4-c4cccnc4-c4ccc(-c5nc6ccccc6s5)cc43)c2)nc1. The van der Waals surface area contributed by atoms with Crippen LogP contribution in [0.3, 0.4) is 0 Å². The zero-order chi connectivity index (χ0) is 26.5. The van der Waals surface area contributed by atoms with Gasteiger partial charge in [-0.2, -0.15) is 0 Å². The molecule has 0 bridgehead atoms. The smallest absolute Gasteiger partial charge is 0.124 e. The van der Waals surface area contributed by atoms with Gasteiger partial charge in [0.05, 0.1) is 33.0 Å². The lowest BCUT2D eigenvalue weighted by molar-refractivity contribution is 1.28. The average molecular weight is 531 g/mol. The molecule has 0 N–H and O–H groups in total. The molecule has 0 aliphatic carbocycles. The first kappa shape index (κ1) is 22.8. The van der Waals surface area contributed by atoms with Gasteiger partial charge in [-0.25, -0.2) is 4.98 Å². The fraction of sp³-hybridized carbons (Fsp3) is 0. The zero-order valence-electron chi connectivity index (χ0n) is 21.4. The van der Waals surface area contributed by atoms with Crippen LogP contribution in [0.25, 0.3) is 54.4 Å². The van der Waals surface area contributed by atoms with E-state index < -0.39 is 0 Å². The monoisotopic (exact) mass is 530 g/mol. The summed E-state index contributed by atoms with van der Waals surface area (Å²) in [5, 5.41) is 1.00. The Hall–Kier alpha value is -5.13. The van der Waals surface area contributed by atoms with Crippen molar-refractivity contribution >= 4 is 38.6 Å². The highest BCUT2D eigenvalue weighted by atomic mass is 32.1. The van der Waals surface area contributed by atoms with Crippen molar-refractivity contribution in [1.29, 1.82) is 0 Å². The summed E-state index contributed by atoms with van der Waals surface area (Å²) in [4.78, 5) is 16.8. The minimum atomic E-state index is 0.945. The van der Waals surface area contributed by atoms with Crippen molar-refractivity contribution in [2.24, 2.45) is 0 Å². The van der Waals surface area contributed by atoms with E-state index in [1.807, 2.05) is 36.7 Å². The lowest BCUT2D eigenvalue weighted by Crippen LogP contribution is -2.11. The van der Waals surface area contributed by atoms with Crippen LogP contribution in [0.2, 0.25) is 0 Å². The molecule has 0 radical (unpaired) electrons. The van der Waals surface area contributed by atoms with Gasteiger partial charge in [0.15, 0.2) is 0 Å². The molecule has 4 heterocycles. The molecular formula is C35H22N4S. The number of fused-ring (bicyclic) bond motifs is 6. The Morgan fingerprint density at radius 2 is 1.40 bits per heavy atom. The lowest BCUT2D eigenvalue weighted by atomic mass is 9.99. The molecule has 8 rings (SSSR count). The Labute approximate surface area is 235 Å². The standard InChI is InChI=1S/C35H22N4S/c1-3-15-31-26(11-1)27-12-8-20-37-34(27)28-18-17-24(35-38-30-14-2-4-16-33(30)40-35)22-32(28)39(31)25-10-7-9-23(21-25)29-13-5-6-19-36-29/h1-22H. The summed E-state index contributed by atoms with van der Waals surface area (Å²) >= 11 is 1.72. The van der Waals surface area contributed by atoms with Crippen molar-refractivity contribution in [2.45, 2.75) is 0 Å². The van der Waals surface area contributed by atoms with Crippen molar-refractivity contribution in [3.8, 4) is 44.2 Å². The van der Waals surface area contributed by atoms with Gasteiger partial charge in [-0.05, 0) is 60.7 Å². The van der Waals surface area contributed by atoms with E-state index in [0.29, 0.717) is 0 Å². The van der Waals surface area contributed by atoms with E-state index in [1.54, 1.807) is 11.3 Å². The van der Waals surface area contributed by atoms with E-state index >= 15 is 0 Å². The molecule has 0 fully saturated rings. The first-order chi connectivity index (χ1) is 19.8. The molecule has 4 aromatic carbocycles. The molecule has 1 aliphatic rings. The van der Waals surface area contributed by atoms with Crippen LogP contribution in [0.5, 0.6) is 0 Å². The van der Waals surface area contributed by atoms with E-state index in [0.717, 1.165) is 66.8 Å². The molecule has 3 aromatic heterocycles. The van der Waals surface area contributed by atoms with Crippen LogP contribution in [0.4, 0.5) is 17.1 Å². The maximum Gasteiger partial charge on any atom is 0.124 e. The number of rotatable bonds is 3. The van der Waals surface area contributed by atoms with E-state index in [9.17, 15) is 0 Å². The third kappa shape index (κ3) is 3.71. The molecule has 5 heteroatoms. The van der Waals surface area contributed by atoms with Gasteiger partial charge in [-0.15, -0.1) is 11.3 Å². The Morgan fingerprint density at radius 1 is 0.550 bits per heavy atom.